The van der Waals surface area contributed by atoms with Crippen LogP contribution >= 0.6 is 23.2 Å². The normalized spacial score (nSPS) is 16.3. The van der Waals surface area contributed by atoms with Gasteiger partial charge in [-0.2, -0.15) is 4.31 Å². The highest BCUT2D eigenvalue weighted by atomic mass is 35.5. The molecule has 1 aliphatic heterocycles. The average molecular weight is 499 g/mol. The van der Waals surface area contributed by atoms with E-state index in [1.165, 1.54) is 29.6 Å². The molecule has 1 fully saturated rings. The molecule has 1 aliphatic rings. The van der Waals surface area contributed by atoms with Gasteiger partial charge in [0.1, 0.15) is 0 Å². The standard InChI is InChI=1S/C23H28Cl2N2O4S/c1-16(2)27(3)32(29,30)19-7-8-21(25)20(14-19)22(28)26-15-23(9-11-31-12-10-23)17-5-4-6-18(24)13-17/h4-8,13-14,16H,9-12,15H2,1-3H3,(H,26,28). The van der Waals surface area contributed by atoms with Crippen molar-refractivity contribution in [3.63, 3.8) is 0 Å². The number of amides is 1. The molecule has 174 valence electrons. The summed E-state index contributed by atoms with van der Waals surface area (Å²) < 4.78 is 32.5. The summed E-state index contributed by atoms with van der Waals surface area (Å²) in [6, 6.07) is 11.6. The summed E-state index contributed by atoms with van der Waals surface area (Å²) in [5.41, 5.74) is 0.833. The van der Waals surface area contributed by atoms with E-state index in [0.29, 0.717) is 24.8 Å². The highest BCUT2D eigenvalue weighted by Crippen LogP contribution is 2.35. The van der Waals surface area contributed by atoms with E-state index in [1.807, 2.05) is 24.3 Å². The first-order chi connectivity index (χ1) is 15.1. The molecule has 1 heterocycles. The number of ether oxygens (including phenoxy) is 1. The van der Waals surface area contributed by atoms with Gasteiger partial charge in [0.2, 0.25) is 10.0 Å². The van der Waals surface area contributed by atoms with Crippen molar-refractivity contribution in [2.24, 2.45) is 0 Å². The Labute approximate surface area is 199 Å². The van der Waals surface area contributed by atoms with Crippen molar-refractivity contribution in [2.45, 2.75) is 43.0 Å². The number of nitrogens with zero attached hydrogens (tertiary/aromatic N) is 1. The van der Waals surface area contributed by atoms with Crippen molar-refractivity contribution in [3.05, 3.63) is 63.6 Å². The maximum atomic E-state index is 13.1. The Kier molecular flexibility index (Phi) is 7.89. The van der Waals surface area contributed by atoms with Gasteiger partial charge in [-0.25, -0.2) is 8.42 Å². The molecule has 0 unspecified atom stereocenters. The molecule has 0 bridgehead atoms. The molecule has 1 N–H and O–H groups in total. The van der Waals surface area contributed by atoms with Gasteiger partial charge in [-0.05, 0) is 62.6 Å². The minimum atomic E-state index is -3.74. The topological polar surface area (TPSA) is 75.7 Å². The van der Waals surface area contributed by atoms with Crippen molar-refractivity contribution in [1.82, 2.24) is 9.62 Å². The van der Waals surface area contributed by atoms with Gasteiger partial charge in [0.25, 0.3) is 5.91 Å². The van der Waals surface area contributed by atoms with E-state index in [1.54, 1.807) is 13.8 Å². The molecule has 1 amide bonds. The third-order valence-electron chi connectivity index (χ3n) is 6.06. The fourth-order valence-corrected chi connectivity index (χ4v) is 5.56. The Bertz CT molecular complexity index is 1080. The molecule has 0 saturated carbocycles. The zero-order valence-corrected chi connectivity index (χ0v) is 20.7. The predicted molar refractivity (Wildman–Crippen MR) is 127 cm³/mol. The van der Waals surface area contributed by atoms with Crippen molar-refractivity contribution in [1.29, 1.82) is 0 Å². The smallest absolute Gasteiger partial charge is 0.252 e. The quantitative estimate of drug-likeness (QED) is 0.609. The number of rotatable bonds is 7. The molecule has 3 rings (SSSR count). The molecule has 0 atom stereocenters. The third kappa shape index (κ3) is 5.29. The Hall–Kier alpha value is -1.64. The lowest BCUT2D eigenvalue weighted by Gasteiger charge is -2.38. The minimum Gasteiger partial charge on any atom is -0.381 e. The van der Waals surface area contributed by atoms with Crippen LogP contribution in [0.4, 0.5) is 0 Å². The van der Waals surface area contributed by atoms with Crippen LogP contribution in [0.2, 0.25) is 10.0 Å². The molecular formula is C23H28Cl2N2O4S. The number of nitrogens with one attached hydrogen (secondary N) is 1. The van der Waals surface area contributed by atoms with Crippen molar-refractivity contribution in [2.75, 3.05) is 26.8 Å². The van der Waals surface area contributed by atoms with Crippen molar-refractivity contribution < 1.29 is 17.9 Å². The van der Waals surface area contributed by atoms with E-state index in [-0.39, 0.29) is 26.9 Å². The highest BCUT2D eigenvalue weighted by Gasteiger charge is 2.35. The van der Waals surface area contributed by atoms with Crippen LogP contribution in [0.5, 0.6) is 0 Å². The summed E-state index contributed by atoms with van der Waals surface area (Å²) in [5, 5.41) is 3.79. The number of carbonyl (C=O) groups excluding carboxylic acids is 1. The van der Waals surface area contributed by atoms with Gasteiger partial charge in [0, 0.05) is 43.3 Å². The molecule has 0 aliphatic carbocycles. The number of benzene rings is 2. The number of hydrogen-bond acceptors (Lipinski definition) is 4. The van der Waals surface area contributed by atoms with Crippen LogP contribution in [-0.4, -0.2) is 51.5 Å². The van der Waals surface area contributed by atoms with E-state index in [4.69, 9.17) is 27.9 Å². The molecule has 32 heavy (non-hydrogen) atoms. The second kappa shape index (κ2) is 10.1. The summed E-state index contributed by atoms with van der Waals surface area (Å²) in [7, 11) is -2.23. The van der Waals surface area contributed by atoms with E-state index >= 15 is 0 Å². The minimum absolute atomic E-state index is 0.0267. The number of carbonyl (C=O) groups is 1. The molecule has 9 heteroatoms. The second-order valence-electron chi connectivity index (χ2n) is 8.34. The van der Waals surface area contributed by atoms with Crippen LogP contribution in [0, 0.1) is 0 Å². The Morgan fingerprint density at radius 1 is 1.16 bits per heavy atom. The van der Waals surface area contributed by atoms with E-state index in [2.05, 4.69) is 5.32 Å². The maximum Gasteiger partial charge on any atom is 0.252 e. The largest absolute Gasteiger partial charge is 0.381 e. The SMILES string of the molecule is CC(C)N(C)S(=O)(=O)c1ccc(Cl)c(C(=O)NCC2(c3cccc(Cl)c3)CCOCC2)c1. The first-order valence-electron chi connectivity index (χ1n) is 10.5. The molecule has 0 radical (unpaired) electrons. The van der Waals surface area contributed by atoms with Crippen molar-refractivity contribution >= 4 is 39.1 Å². The molecule has 6 nitrogen and oxygen atoms in total. The highest BCUT2D eigenvalue weighted by molar-refractivity contribution is 7.89. The van der Waals surface area contributed by atoms with E-state index < -0.39 is 15.9 Å². The lowest BCUT2D eigenvalue weighted by molar-refractivity contribution is 0.0487. The summed E-state index contributed by atoms with van der Waals surface area (Å²) in [6.07, 6.45) is 1.46. The van der Waals surface area contributed by atoms with Gasteiger partial charge in [-0.1, -0.05) is 35.3 Å². The third-order valence-corrected chi connectivity index (χ3v) is 8.66. The second-order valence-corrected chi connectivity index (χ2v) is 11.2. The van der Waals surface area contributed by atoms with Gasteiger partial charge in [-0.3, -0.25) is 4.79 Å². The fraction of sp³-hybridized carbons (Fsp3) is 0.435. The van der Waals surface area contributed by atoms with Crippen LogP contribution in [0.1, 0.15) is 42.6 Å². The number of sulfonamides is 1. The first-order valence-corrected chi connectivity index (χ1v) is 12.7. The molecule has 2 aromatic rings. The summed E-state index contributed by atoms with van der Waals surface area (Å²) in [6.45, 7) is 5.08. The van der Waals surface area contributed by atoms with Crippen LogP contribution < -0.4 is 5.32 Å². The lowest BCUT2D eigenvalue weighted by Crippen LogP contribution is -2.44. The molecule has 0 aromatic heterocycles. The van der Waals surface area contributed by atoms with Gasteiger partial charge >= 0.3 is 0 Å². The predicted octanol–water partition coefficient (Wildman–Crippen LogP) is 4.50. The van der Waals surface area contributed by atoms with Crippen LogP contribution in [0.3, 0.4) is 0 Å². The first kappa shape index (κ1) is 25.0. The fourth-order valence-electron chi connectivity index (χ4n) is 3.78. The van der Waals surface area contributed by atoms with E-state index in [0.717, 1.165) is 18.4 Å². The summed E-state index contributed by atoms with van der Waals surface area (Å²) in [4.78, 5) is 13.1. The van der Waals surface area contributed by atoms with Gasteiger partial charge in [0.15, 0.2) is 0 Å². The molecule has 2 aromatic carbocycles. The van der Waals surface area contributed by atoms with Crippen LogP contribution in [-0.2, 0) is 20.2 Å². The van der Waals surface area contributed by atoms with E-state index in [9.17, 15) is 13.2 Å². The number of halogens is 2. The molecular weight excluding hydrogens is 471 g/mol. The van der Waals surface area contributed by atoms with Gasteiger partial charge in [0.05, 0.1) is 15.5 Å². The number of hydrogen-bond donors (Lipinski definition) is 1. The Morgan fingerprint density at radius 2 is 1.84 bits per heavy atom. The van der Waals surface area contributed by atoms with Crippen LogP contribution in [0.25, 0.3) is 0 Å². The van der Waals surface area contributed by atoms with Gasteiger partial charge in [-0.15, -0.1) is 0 Å². The summed E-state index contributed by atoms with van der Waals surface area (Å²) in [5.74, 6) is -0.424. The average Bonchev–Trinajstić information content (AvgIpc) is 2.77. The maximum absolute atomic E-state index is 13.1. The zero-order valence-electron chi connectivity index (χ0n) is 18.4. The van der Waals surface area contributed by atoms with Gasteiger partial charge < -0.3 is 10.1 Å². The Balaban J connectivity index is 1.86. The lowest BCUT2D eigenvalue weighted by atomic mass is 9.74. The molecule has 1 saturated heterocycles. The monoisotopic (exact) mass is 498 g/mol. The summed E-state index contributed by atoms with van der Waals surface area (Å²) >= 11 is 12.5. The van der Waals surface area contributed by atoms with Crippen LogP contribution in [0.15, 0.2) is 47.4 Å². The molecule has 0 spiro atoms. The zero-order chi connectivity index (χ0) is 23.5. The Morgan fingerprint density at radius 3 is 2.47 bits per heavy atom. The van der Waals surface area contributed by atoms with Crippen molar-refractivity contribution in [3.8, 4) is 0 Å².